The SMILES string of the molecule is COC(=O)CNC(=O)c1ccc(NC(=O)c2oc3ccccc3c2C)cc1. The van der Waals surface area contributed by atoms with Gasteiger partial charge in [-0.2, -0.15) is 0 Å². The number of hydrogen-bond donors (Lipinski definition) is 2. The number of amides is 2. The summed E-state index contributed by atoms with van der Waals surface area (Å²) < 4.78 is 10.1. The predicted molar refractivity (Wildman–Crippen MR) is 99.7 cm³/mol. The van der Waals surface area contributed by atoms with Crippen molar-refractivity contribution in [2.24, 2.45) is 0 Å². The molecule has 2 aromatic carbocycles. The summed E-state index contributed by atoms with van der Waals surface area (Å²) in [6.07, 6.45) is 0. The van der Waals surface area contributed by atoms with E-state index in [9.17, 15) is 14.4 Å². The number of methoxy groups -OCH3 is 1. The average Bonchev–Trinajstić information content (AvgIpc) is 3.03. The molecule has 0 atom stereocenters. The van der Waals surface area contributed by atoms with Crippen molar-refractivity contribution in [2.45, 2.75) is 6.92 Å². The molecule has 3 rings (SSSR count). The van der Waals surface area contributed by atoms with E-state index < -0.39 is 11.9 Å². The quantitative estimate of drug-likeness (QED) is 0.677. The maximum absolute atomic E-state index is 12.5. The minimum Gasteiger partial charge on any atom is -0.468 e. The second kappa shape index (κ2) is 7.74. The monoisotopic (exact) mass is 366 g/mol. The van der Waals surface area contributed by atoms with Gasteiger partial charge in [-0.15, -0.1) is 0 Å². The highest BCUT2D eigenvalue weighted by Crippen LogP contribution is 2.25. The number of anilines is 1. The number of furan rings is 1. The van der Waals surface area contributed by atoms with Crippen LogP contribution in [0, 0.1) is 6.92 Å². The molecule has 27 heavy (non-hydrogen) atoms. The highest BCUT2D eigenvalue weighted by molar-refractivity contribution is 6.06. The normalized spacial score (nSPS) is 10.4. The van der Waals surface area contributed by atoms with Crippen molar-refractivity contribution in [1.82, 2.24) is 5.32 Å². The molecule has 0 fully saturated rings. The van der Waals surface area contributed by atoms with Gasteiger partial charge in [0.1, 0.15) is 12.1 Å². The number of fused-ring (bicyclic) bond motifs is 1. The van der Waals surface area contributed by atoms with Gasteiger partial charge in [0, 0.05) is 22.2 Å². The van der Waals surface area contributed by atoms with Crippen molar-refractivity contribution < 1.29 is 23.5 Å². The van der Waals surface area contributed by atoms with Gasteiger partial charge in [-0.05, 0) is 37.3 Å². The van der Waals surface area contributed by atoms with E-state index in [2.05, 4.69) is 15.4 Å². The first-order chi connectivity index (χ1) is 13.0. The number of benzene rings is 2. The number of nitrogens with one attached hydrogen (secondary N) is 2. The van der Waals surface area contributed by atoms with Gasteiger partial charge in [0.25, 0.3) is 11.8 Å². The summed E-state index contributed by atoms with van der Waals surface area (Å²) in [5.74, 6) is -1.07. The minimum atomic E-state index is -0.534. The lowest BCUT2D eigenvalue weighted by Gasteiger charge is -2.06. The van der Waals surface area contributed by atoms with Crippen LogP contribution < -0.4 is 10.6 Å². The Morgan fingerprint density at radius 3 is 2.37 bits per heavy atom. The van der Waals surface area contributed by atoms with Crippen molar-refractivity contribution in [1.29, 1.82) is 0 Å². The van der Waals surface area contributed by atoms with Gasteiger partial charge < -0.3 is 19.8 Å². The van der Waals surface area contributed by atoms with Crippen LogP contribution in [0.25, 0.3) is 11.0 Å². The van der Waals surface area contributed by atoms with Crippen LogP contribution in [-0.4, -0.2) is 31.4 Å². The first-order valence-corrected chi connectivity index (χ1v) is 8.24. The van der Waals surface area contributed by atoms with E-state index in [1.807, 2.05) is 25.1 Å². The molecule has 7 nitrogen and oxygen atoms in total. The molecule has 2 amide bonds. The van der Waals surface area contributed by atoms with Gasteiger partial charge >= 0.3 is 5.97 Å². The molecular formula is C20H18N2O5. The maximum atomic E-state index is 12.5. The molecule has 0 aliphatic carbocycles. The molecule has 0 bridgehead atoms. The lowest BCUT2D eigenvalue weighted by Crippen LogP contribution is -2.30. The number of ether oxygens (including phenoxy) is 1. The first kappa shape index (κ1) is 18.2. The Bertz CT molecular complexity index is 1000. The summed E-state index contributed by atoms with van der Waals surface area (Å²) in [6, 6.07) is 13.7. The van der Waals surface area contributed by atoms with E-state index in [-0.39, 0.29) is 18.2 Å². The van der Waals surface area contributed by atoms with Crippen LogP contribution >= 0.6 is 0 Å². The molecule has 0 aliphatic heterocycles. The molecule has 138 valence electrons. The van der Waals surface area contributed by atoms with Crippen molar-refractivity contribution in [2.75, 3.05) is 19.0 Å². The third-order valence-corrected chi connectivity index (χ3v) is 4.08. The fraction of sp³-hybridized carbons (Fsp3) is 0.150. The van der Waals surface area contributed by atoms with Crippen molar-refractivity contribution >= 4 is 34.4 Å². The zero-order valence-electron chi connectivity index (χ0n) is 14.9. The van der Waals surface area contributed by atoms with Crippen LogP contribution in [0.2, 0.25) is 0 Å². The van der Waals surface area contributed by atoms with Crippen LogP contribution in [0.4, 0.5) is 5.69 Å². The molecular weight excluding hydrogens is 348 g/mol. The fourth-order valence-corrected chi connectivity index (χ4v) is 2.61. The van der Waals surface area contributed by atoms with Crippen LogP contribution in [0.15, 0.2) is 52.9 Å². The zero-order chi connectivity index (χ0) is 19.4. The predicted octanol–water partition coefficient (Wildman–Crippen LogP) is 2.90. The van der Waals surface area contributed by atoms with E-state index in [4.69, 9.17) is 4.42 Å². The number of esters is 1. The van der Waals surface area contributed by atoms with Crippen LogP contribution in [0.5, 0.6) is 0 Å². The van der Waals surface area contributed by atoms with E-state index in [1.165, 1.54) is 7.11 Å². The average molecular weight is 366 g/mol. The van der Waals surface area contributed by atoms with Gasteiger partial charge in [0.15, 0.2) is 5.76 Å². The molecule has 3 aromatic rings. The standard InChI is InChI=1S/C20H18N2O5/c1-12-15-5-3-4-6-16(15)27-18(12)20(25)22-14-9-7-13(8-10-14)19(24)21-11-17(23)26-2/h3-10H,11H2,1-2H3,(H,21,24)(H,22,25). The number of carbonyl (C=O) groups excluding carboxylic acids is 3. The molecule has 1 heterocycles. The molecule has 0 radical (unpaired) electrons. The molecule has 0 spiro atoms. The second-order valence-electron chi connectivity index (χ2n) is 5.84. The minimum absolute atomic E-state index is 0.209. The summed E-state index contributed by atoms with van der Waals surface area (Å²) in [7, 11) is 1.25. The van der Waals surface area contributed by atoms with Gasteiger partial charge in [-0.3, -0.25) is 14.4 Å². The number of rotatable bonds is 5. The Morgan fingerprint density at radius 1 is 1.00 bits per heavy atom. The Balaban J connectivity index is 1.68. The molecule has 0 aliphatic rings. The lowest BCUT2D eigenvalue weighted by atomic mass is 10.1. The summed E-state index contributed by atoms with van der Waals surface area (Å²) in [6.45, 7) is 1.62. The highest BCUT2D eigenvalue weighted by Gasteiger charge is 2.17. The number of hydrogen-bond acceptors (Lipinski definition) is 5. The van der Waals surface area contributed by atoms with E-state index in [0.717, 1.165) is 10.9 Å². The number of aryl methyl sites for hydroxylation is 1. The van der Waals surface area contributed by atoms with E-state index in [0.29, 0.717) is 16.8 Å². The van der Waals surface area contributed by atoms with E-state index >= 15 is 0 Å². The van der Waals surface area contributed by atoms with Crippen LogP contribution in [-0.2, 0) is 9.53 Å². The lowest BCUT2D eigenvalue weighted by molar-refractivity contribution is -0.139. The number of para-hydroxylation sites is 1. The van der Waals surface area contributed by atoms with Gasteiger partial charge in [-0.25, -0.2) is 0 Å². The summed E-state index contributed by atoms with van der Waals surface area (Å²) in [4.78, 5) is 35.5. The Hall–Kier alpha value is -3.61. The Morgan fingerprint density at radius 2 is 1.70 bits per heavy atom. The Labute approximate surface area is 155 Å². The molecule has 0 unspecified atom stereocenters. The van der Waals surface area contributed by atoms with Crippen molar-refractivity contribution in [3.63, 3.8) is 0 Å². The highest BCUT2D eigenvalue weighted by atomic mass is 16.5. The molecule has 0 saturated heterocycles. The molecule has 2 N–H and O–H groups in total. The molecule has 7 heteroatoms. The third-order valence-electron chi connectivity index (χ3n) is 4.08. The van der Waals surface area contributed by atoms with Crippen LogP contribution in [0.3, 0.4) is 0 Å². The number of carbonyl (C=O) groups is 3. The first-order valence-electron chi connectivity index (χ1n) is 8.24. The summed E-state index contributed by atoms with van der Waals surface area (Å²) >= 11 is 0. The largest absolute Gasteiger partial charge is 0.468 e. The smallest absolute Gasteiger partial charge is 0.325 e. The summed E-state index contributed by atoms with van der Waals surface area (Å²) in [5, 5.41) is 6.08. The molecule has 1 aromatic heterocycles. The van der Waals surface area contributed by atoms with Crippen molar-refractivity contribution in [3.8, 4) is 0 Å². The van der Waals surface area contributed by atoms with Crippen LogP contribution in [0.1, 0.15) is 26.5 Å². The van der Waals surface area contributed by atoms with E-state index in [1.54, 1.807) is 30.3 Å². The molecule has 0 saturated carbocycles. The fourth-order valence-electron chi connectivity index (χ4n) is 2.61. The second-order valence-corrected chi connectivity index (χ2v) is 5.84. The Kier molecular flexibility index (Phi) is 5.21. The maximum Gasteiger partial charge on any atom is 0.325 e. The zero-order valence-corrected chi connectivity index (χ0v) is 14.9. The third kappa shape index (κ3) is 3.98. The summed E-state index contributed by atoms with van der Waals surface area (Å²) in [5.41, 5.74) is 2.29. The topological polar surface area (TPSA) is 97.6 Å². The van der Waals surface area contributed by atoms with Gasteiger partial charge in [0.05, 0.1) is 7.11 Å². The van der Waals surface area contributed by atoms with Crippen molar-refractivity contribution in [3.05, 3.63) is 65.4 Å². The van der Waals surface area contributed by atoms with Gasteiger partial charge in [0.2, 0.25) is 0 Å². The van der Waals surface area contributed by atoms with Gasteiger partial charge in [-0.1, -0.05) is 18.2 Å².